The van der Waals surface area contributed by atoms with E-state index < -0.39 is 0 Å². The van der Waals surface area contributed by atoms with Gasteiger partial charge < -0.3 is 15.1 Å². The molecular formula is C10H19N5O. The number of nitrogens with two attached hydrogens (primary N) is 1. The first-order chi connectivity index (χ1) is 7.71. The van der Waals surface area contributed by atoms with Gasteiger partial charge in [-0.3, -0.25) is 0 Å². The van der Waals surface area contributed by atoms with Crippen molar-refractivity contribution in [3.63, 3.8) is 0 Å². The number of nitrogen functional groups attached to an aromatic ring is 1. The van der Waals surface area contributed by atoms with Gasteiger partial charge in [-0.1, -0.05) is 6.92 Å². The summed E-state index contributed by atoms with van der Waals surface area (Å²) in [5.41, 5.74) is 2.53. The molecule has 0 aliphatic heterocycles. The molecule has 1 rings (SSSR count). The van der Waals surface area contributed by atoms with Crippen molar-refractivity contribution < 1.29 is 4.74 Å². The number of anilines is 2. The van der Waals surface area contributed by atoms with Gasteiger partial charge in [0.15, 0.2) is 5.82 Å². The Kier molecular flexibility index (Phi) is 4.94. The summed E-state index contributed by atoms with van der Waals surface area (Å²) >= 11 is 0. The minimum absolute atomic E-state index is 0.377. The van der Waals surface area contributed by atoms with E-state index in [1.807, 2.05) is 13.1 Å². The molecule has 0 radical (unpaired) electrons. The van der Waals surface area contributed by atoms with Crippen LogP contribution in [0.5, 0.6) is 0 Å². The van der Waals surface area contributed by atoms with E-state index >= 15 is 0 Å². The number of methoxy groups -OCH3 is 1. The number of hydrogen-bond acceptors (Lipinski definition) is 6. The van der Waals surface area contributed by atoms with E-state index in [9.17, 15) is 0 Å². The molecule has 6 heteroatoms. The Labute approximate surface area is 95.8 Å². The number of nitrogens with zero attached hydrogens (tertiary/aromatic N) is 3. The van der Waals surface area contributed by atoms with Crippen LogP contribution in [0.2, 0.25) is 0 Å². The van der Waals surface area contributed by atoms with Crippen molar-refractivity contribution in [2.75, 3.05) is 31.0 Å². The van der Waals surface area contributed by atoms with Gasteiger partial charge in [0, 0.05) is 26.8 Å². The minimum Gasteiger partial charge on any atom is -0.377 e. The van der Waals surface area contributed by atoms with Gasteiger partial charge in [-0.05, 0) is 6.42 Å². The zero-order valence-corrected chi connectivity index (χ0v) is 10.0. The fourth-order valence-corrected chi connectivity index (χ4v) is 1.40. The van der Waals surface area contributed by atoms with E-state index in [-0.39, 0.29) is 0 Å². The lowest BCUT2D eigenvalue weighted by Crippen LogP contribution is -2.21. The molecule has 1 heterocycles. The third-order valence-electron chi connectivity index (χ3n) is 2.13. The summed E-state index contributed by atoms with van der Waals surface area (Å²) in [6.07, 6.45) is 1.06. The maximum Gasteiger partial charge on any atom is 0.158 e. The second-order valence-corrected chi connectivity index (χ2v) is 3.53. The van der Waals surface area contributed by atoms with Crippen molar-refractivity contribution >= 4 is 11.6 Å². The Hall–Kier alpha value is -1.40. The van der Waals surface area contributed by atoms with Crippen LogP contribution in [0.3, 0.4) is 0 Å². The Morgan fingerprint density at radius 1 is 1.50 bits per heavy atom. The third kappa shape index (κ3) is 3.32. The van der Waals surface area contributed by atoms with Gasteiger partial charge in [-0.25, -0.2) is 15.8 Å². The van der Waals surface area contributed by atoms with E-state index in [1.54, 1.807) is 7.11 Å². The van der Waals surface area contributed by atoms with E-state index in [2.05, 4.69) is 27.2 Å². The molecule has 6 nitrogen and oxygen atoms in total. The monoisotopic (exact) mass is 225 g/mol. The highest BCUT2D eigenvalue weighted by Crippen LogP contribution is 2.14. The molecule has 0 fully saturated rings. The summed E-state index contributed by atoms with van der Waals surface area (Å²) in [6, 6.07) is 1.81. The Balaban J connectivity index is 2.93. The van der Waals surface area contributed by atoms with Crippen LogP contribution >= 0.6 is 0 Å². The molecule has 3 N–H and O–H groups in total. The molecule has 0 aromatic carbocycles. The van der Waals surface area contributed by atoms with Crippen molar-refractivity contribution in [1.29, 1.82) is 0 Å². The molecule has 0 spiro atoms. The van der Waals surface area contributed by atoms with Gasteiger partial charge >= 0.3 is 0 Å². The van der Waals surface area contributed by atoms with Crippen molar-refractivity contribution in [2.24, 2.45) is 5.84 Å². The SMILES string of the molecule is CCCN(C)c1cc(NN)nc(COC)n1. The summed E-state index contributed by atoms with van der Waals surface area (Å²) in [5.74, 6) is 7.42. The van der Waals surface area contributed by atoms with Gasteiger partial charge in [0.05, 0.1) is 0 Å². The first kappa shape index (κ1) is 12.7. The second-order valence-electron chi connectivity index (χ2n) is 3.53. The largest absolute Gasteiger partial charge is 0.377 e. The average molecular weight is 225 g/mol. The normalized spacial score (nSPS) is 10.2. The molecule has 0 aliphatic rings. The van der Waals surface area contributed by atoms with Crippen LogP contribution < -0.4 is 16.2 Å². The lowest BCUT2D eigenvalue weighted by molar-refractivity contribution is 0.178. The molecule has 0 amide bonds. The second kappa shape index (κ2) is 6.24. The van der Waals surface area contributed by atoms with E-state index in [4.69, 9.17) is 10.6 Å². The highest BCUT2D eigenvalue weighted by atomic mass is 16.5. The molecule has 1 aromatic heterocycles. The molecule has 0 saturated heterocycles. The average Bonchev–Trinajstić information content (AvgIpc) is 2.29. The van der Waals surface area contributed by atoms with Gasteiger partial charge in [0.1, 0.15) is 18.2 Å². The number of hydrogen-bond donors (Lipinski definition) is 2. The molecule has 0 unspecified atom stereocenters. The van der Waals surface area contributed by atoms with Crippen molar-refractivity contribution in [1.82, 2.24) is 9.97 Å². The standard InChI is InChI=1S/C10H19N5O/c1-4-5-15(2)10-6-8(14-11)12-9(13-10)7-16-3/h6H,4-5,7,11H2,1-3H3,(H,12,13,14). The van der Waals surface area contributed by atoms with Crippen molar-refractivity contribution in [3.8, 4) is 0 Å². The molecule has 90 valence electrons. The summed E-state index contributed by atoms with van der Waals surface area (Å²) in [6.45, 7) is 3.44. The number of ether oxygens (including phenoxy) is 1. The van der Waals surface area contributed by atoms with Crippen LogP contribution in [0.4, 0.5) is 11.6 Å². The highest BCUT2D eigenvalue weighted by Gasteiger charge is 2.07. The fraction of sp³-hybridized carbons (Fsp3) is 0.600. The van der Waals surface area contributed by atoms with Crippen LogP contribution in [0, 0.1) is 0 Å². The number of hydrazine groups is 1. The lowest BCUT2D eigenvalue weighted by Gasteiger charge is -2.18. The van der Waals surface area contributed by atoms with E-state index in [1.165, 1.54) is 0 Å². The molecule has 0 aliphatic carbocycles. The lowest BCUT2D eigenvalue weighted by atomic mass is 10.4. The van der Waals surface area contributed by atoms with Crippen LogP contribution in [0.15, 0.2) is 6.07 Å². The minimum atomic E-state index is 0.377. The summed E-state index contributed by atoms with van der Waals surface area (Å²) in [7, 11) is 3.60. The zero-order chi connectivity index (χ0) is 12.0. The Morgan fingerprint density at radius 3 is 2.81 bits per heavy atom. The first-order valence-corrected chi connectivity index (χ1v) is 5.26. The molecule has 0 atom stereocenters. The van der Waals surface area contributed by atoms with Crippen LogP contribution in [-0.4, -0.2) is 30.7 Å². The Morgan fingerprint density at radius 2 is 2.25 bits per heavy atom. The predicted molar refractivity (Wildman–Crippen MR) is 64.1 cm³/mol. The number of aromatic nitrogens is 2. The van der Waals surface area contributed by atoms with Crippen LogP contribution in [0.1, 0.15) is 19.2 Å². The third-order valence-corrected chi connectivity index (χ3v) is 2.13. The predicted octanol–water partition coefficient (Wildman–Crippen LogP) is 0.755. The molecule has 0 saturated carbocycles. The zero-order valence-electron chi connectivity index (χ0n) is 10.0. The maximum absolute atomic E-state index is 5.36. The van der Waals surface area contributed by atoms with Gasteiger partial charge in [-0.2, -0.15) is 0 Å². The first-order valence-electron chi connectivity index (χ1n) is 5.26. The fourth-order valence-electron chi connectivity index (χ4n) is 1.40. The van der Waals surface area contributed by atoms with E-state index in [0.29, 0.717) is 18.2 Å². The number of rotatable bonds is 6. The van der Waals surface area contributed by atoms with Gasteiger partial charge in [0.25, 0.3) is 0 Å². The maximum atomic E-state index is 5.36. The van der Waals surface area contributed by atoms with Crippen molar-refractivity contribution in [2.45, 2.75) is 20.0 Å². The molecule has 1 aromatic rings. The topological polar surface area (TPSA) is 76.3 Å². The molecular weight excluding hydrogens is 206 g/mol. The Bertz CT molecular complexity index is 331. The molecule has 16 heavy (non-hydrogen) atoms. The summed E-state index contributed by atoms with van der Waals surface area (Å²) < 4.78 is 5.01. The van der Waals surface area contributed by atoms with Crippen LogP contribution in [-0.2, 0) is 11.3 Å². The van der Waals surface area contributed by atoms with Gasteiger partial charge in [0.2, 0.25) is 0 Å². The van der Waals surface area contributed by atoms with Crippen LogP contribution in [0.25, 0.3) is 0 Å². The quantitative estimate of drug-likeness (QED) is 0.549. The van der Waals surface area contributed by atoms with Crippen molar-refractivity contribution in [3.05, 3.63) is 11.9 Å². The smallest absolute Gasteiger partial charge is 0.158 e. The summed E-state index contributed by atoms with van der Waals surface area (Å²) in [5, 5.41) is 0. The number of nitrogens with one attached hydrogen (secondary N) is 1. The summed E-state index contributed by atoms with van der Waals surface area (Å²) in [4.78, 5) is 10.6. The van der Waals surface area contributed by atoms with E-state index in [0.717, 1.165) is 18.8 Å². The molecule has 0 bridgehead atoms. The van der Waals surface area contributed by atoms with Gasteiger partial charge in [-0.15, -0.1) is 0 Å². The highest BCUT2D eigenvalue weighted by molar-refractivity contribution is 5.48.